The SMILES string of the molecule is CCOC(=O)C(C(=O)OCC)C1(O)C(C(OCC)OCC)CCCC1C(OCC)OCC. The molecule has 1 rings (SSSR count). The van der Waals surface area contributed by atoms with Crippen LogP contribution >= 0.6 is 0 Å². The van der Waals surface area contributed by atoms with Crippen molar-refractivity contribution in [3.05, 3.63) is 0 Å². The third-order valence-corrected chi connectivity index (χ3v) is 5.71. The third-order valence-electron chi connectivity index (χ3n) is 5.71. The lowest BCUT2D eigenvalue weighted by Gasteiger charge is -2.51. The molecule has 0 spiro atoms. The fourth-order valence-corrected chi connectivity index (χ4v) is 4.57. The van der Waals surface area contributed by atoms with E-state index >= 15 is 0 Å². The van der Waals surface area contributed by atoms with Crippen molar-refractivity contribution in [2.45, 2.75) is 79.0 Å². The van der Waals surface area contributed by atoms with Gasteiger partial charge in [-0.05, 0) is 54.4 Å². The van der Waals surface area contributed by atoms with Crippen LogP contribution < -0.4 is 0 Å². The molecule has 2 unspecified atom stereocenters. The summed E-state index contributed by atoms with van der Waals surface area (Å²) in [6, 6.07) is 0. The first-order valence-corrected chi connectivity index (χ1v) is 11.9. The summed E-state index contributed by atoms with van der Waals surface area (Å²) in [7, 11) is 0. The van der Waals surface area contributed by atoms with Gasteiger partial charge in [-0.1, -0.05) is 6.42 Å². The second-order valence-corrected chi connectivity index (χ2v) is 7.53. The first kappa shape index (κ1) is 28.8. The van der Waals surface area contributed by atoms with Gasteiger partial charge in [-0.2, -0.15) is 0 Å². The molecule has 0 amide bonds. The first-order valence-electron chi connectivity index (χ1n) is 11.9. The van der Waals surface area contributed by atoms with E-state index in [9.17, 15) is 14.7 Å². The smallest absolute Gasteiger partial charge is 0.323 e. The summed E-state index contributed by atoms with van der Waals surface area (Å²) in [4.78, 5) is 26.2. The summed E-state index contributed by atoms with van der Waals surface area (Å²) in [6.45, 7) is 12.0. The highest BCUT2D eigenvalue weighted by Gasteiger charge is 2.62. The molecule has 0 aromatic rings. The molecule has 9 heteroatoms. The monoisotopic (exact) mass is 462 g/mol. The third kappa shape index (κ3) is 6.87. The van der Waals surface area contributed by atoms with Gasteiger partial charge in [0.25, 0.3) is 0 Å². The molecular weight excluding hydrogens is 420 g/mol. The number of carbonyl (C=O) groups excluding carboxylic acids is 2. The van der Waals surface area contributed by atoms with Gasteiger partial charge in [-0.15, -0.1) is 0 Å². The standard InChI is InChI=1S/C23H42O9/c1-7-27-19(24)18(20(25)28-8-2)23(26)16(21(29-9-3)30-10-4)14-13-15-17(23)22(31-11-5)32-12-6/h16-18,21-22,26H,7-15H2,1-6H3. The number of aliphatic hydroxyl groups is 1. The zero-order chi connectivity index (χ0) is 24.1. The van der Waals surface area contributed by atoms with E-state index in [2.05, 4.69) is 0 Å². The summed E-state index contributed by atoms with van der Waals surface area (Å²) in [5, 5.41) is 12.4. The quantitative estimate of drug-likeness (QED) is 0.223. The van der Waals surface area contributed by atoms with Crippen molar-refractivity contribution in [3.8, 4) is 0 Å². The second-order valence-electron chi connectivity index (χ2n) is 7.53. The molecule has 1 aliphatic rings. The van der Waals surface area contributed by atoms with Crippen molar-refractivity contribution < 1.29 is 43.1 Å². The first-order chi connectivity index (χ1) is 15.4. The van der Waals surface area contributed by atoms with Crippen molar-refractivity contribution in [2.24, 2.45) is 17.8 Å². The van der Waals surface area contributed by atoms with Crippen LogP contribution in [0.25, 0.3) is 0 Å². The average Bonchev–Trinajstić information content (AvgIpc) is 2.74. The highest BCUT2D eigenvalue weighted by Crippen LogP contribution is 2.49. The van der Waals surface area contributed by atoms with Crippen LogP contribution in [0.1, 0.15) is 60.8 Å². The molecule has 188 valence electrons. The van der Waals surface area contributed by atoms with Crippen LogP contribution in [-0.4, -0.2) is 74.9 Å². The Bertz CT molecular complexity index is 500. The largest absolute Gasteiger partial charge is 0.465 e. The lowest BCUT2D eigenvalue weighted by atomic mass is 9.61. The van der Waals surface area contributed by atoms with Crippen LogP contribution in [0.4, 0.5) is 0 Å². The van der Waals surface area contributed by atoms with E-state index < -0.39 is 47.9 Å². The van der Waals surface area contributed by atoms with Crippen LogP contribution in [0.5, 0.6) is 0 Å². The Labute approximate surface area is 192 Å². The van der Waals surface area contributed by atoms with Gasteiger partial charge in [0.15, 0.2) is 18.5 Å². The molecule has 0 aromatic heterocycles. The highest BCUT2D eigenvalue weighted by atomic mass is 16.7. The predicted octanol–water partition coefficient (Wildman–Crippen LogP) is 2.67. The Hall–Kier alpha value is -1.26. The maximum absolute atomic E-state index is 13.1. The van der Waals surface area contributed by atoms with Gasteiger partial charge in [0.1, 0.15) is 5.60 Å². The molecule has 1 aliphatic carbocycles. The zero-order valence-corrected chi connectivity index (χ0v) is 20.5. The summed E-state index contributed by atoms with van der Waals surface area (Å²) in [5.41, 5.74) is -1.93. The maximum atomic E-state index is 13.1. The molecule has 32 heavy (non-hydrogen) atoms. The van der Waals surface area contributed by atoms with E-state index in [0.29, 0.717) is 45.7 Å². The van der Waals surface area contributed by atoms with Gasteiger partial charge < -0.3 is 33.5 Å². The Kier molecular flexibility index (Phi) is 13.3. The van der Waals surface area contributed by atoms with Crippen LogP contribution in [0.15, 0.2) is 0 Å². The second kappa shape index (κ2) is 14.8. The molecule has 1 N–H and O–H groups in total. The fraction of sp³-hybridized carbons (Fsp3) is 0.913. The Morgan fingerprint density at radius 2 is 1.06 bits per heavy atom. The summed E-state index contributed by atoms with van der Waals surface area (Å²) in [5.74, 6) is -4.69. The van der Waals surface area contributed by atoms with Crippen LogP contribution in [0.2, 0.25) is 0 Å². The van der Waals surface area contributed by atoms with Crippen LogP contribution in [0, 0.1) is 17.8 Å². The van der Waals surface area contributed by atoms with E-state index in [0.717, 1.165) is 0 Å². The molecule has 0 saturated heterocycles. The average molecular weight is 463 g/mol. The van der Waals surface area contributed by atoms with E-state index in [-0.39, 0.29) is 13.2 Å². The number of ether oxygens (including phenoxy) is 6. The number of esters is 2. The van der Waals surface area contributed by atoms with E-state index in [4.69, 9.17) is 28.4 Å². The molecule has 9 nitrogen and oxygen atoms in total. The molecule has 2 atom stereocenters. The Morgan fingerprint density at radius 1 is 0.719 bits per heavy atom. The van der Waals surface area contributed by atoms with Crippen molar-refractivity contribution in [3.63, 3.8) is 0 Å². The molecule has 0 heterocycles. The molecule has 0 radical (unpaired) electrons. The van der Waals surface area contributed by atoms with Crippen molar-refractivity contribution in [1.82, 2.24) is 0 Å². The lowest BCUT2D eigenvalue weighted by Crippen LogP contribution is -2.65. The van der Waals surface area contributed by atoms with E-state index in [1.54, 1.807) is 13.8 Å². The van der Waals surface area contributed by atoms with Crippen molar-refractivity contribution in [1.29, 1.82) is 0 Å². The number of rotatable bonds is 15. The minimum absolute atomic E-state index is 0.0564. The number of hydrogen-bond donors (Lipinski definition) is 1. The maximum Gasteiger partial charge on any atom is 0.323 e. The Balaban J connectivity index is 3.66. The lowest BCUT2D eigenvalue weighted by molar-refractivity contribution is -0.284. The topological polar surface area (TPSA) is 110 Å². The number of carbonyl (C=O) groups is 2. The molecule has 0 aliphatic heterocycles. The minimum Gasteiger partial charge on any atom is -0.465 e. The minimum atomic E-state index is -1.93. The summed E-state index contributed by atoms with van der Waals surface area (Å²) < 4.78 is 33.8. The summed E-state index contributed by atoms with van der Waals surface area (Å²) >= 11 is 0. The van der Waals surface area contributed by atoms with Gasteiger partial charge in [-0.3, -0.25) is 9.59 Å². The van der Waals surface area contributed by atoms with Crippen LogP contribution in [-0.2, 0) is 38.0 Å². The Morgan fingerprint density at radius 3 is 1.34 bits per heavy atom. The van der Waals surface area contributed by atoms with E-state index in [1.165, 1.54) is 0 Å². The fourth-order valence-electron chi connectivity index (χ4n) is 4.57. The molecule has 0 bridgehead atoms. The van der Waals surface area contributed by atoms with Crippen LogP contribution in [0.3, 0.4) is 0 Å². The summed E-state index contributed by atoms with van der Waals surface area (Å²) in [6.07, 6.45) is 0.0280. The van der Waals surface area contributed by atoms with Gasteiger partial charge in [0.2, 0.25) is 0 Å². The highest BCUT2D eigenvalue weighted by molar-refractivity contribution is 5.96. The van der Waals surface area contributed by atoms with Gasteiger partial charge >= 0.3 is 11.9 Å². The van der Waals surface area contributed by atoms with Gasteiger partial charge in [-0.25, -0.2) is 0 Å². The molecular formula is C23H42O9. The molecule has 1 fully saturated rings. The molecule has 0 aromatic carbocycles. The van der Waals surface area contributed by atoms with Gasteiger partial charge in [0, 0.05) is 38.3 Å². The van der Waals surface area contributed by atoms with E-state index in [1.807, 2.05) is 27.7 Å². The molecule has 1 saturated carbocycles. The van der Waals surface area contributed by atoms with Gasteiger partial charge in [0.05, 0.1) is 13.2 Å². The zero-order valence-electron chi connectivity index (χ0n) is 20.5. The van der Waals surface area contributed by atoms with Crippen molar-refractivity contribution >= 4 is 11.9 Å². The number of hydrogen-bond acceptors (Lipinski definition) is 9. The predicted molar refractivity (Wildman–Crippen MR) is 117 cm³/mol. The normalized spacial score (nSPS) is 23.7. The van der Waals surface area contributed by atoms with Crippen molar-refractivity contribution in [2.75, 3.05) is 39.6 Å².